The molecule has 0 saturated carbocycles. The first-order valence-electron chi connectivity index (χ1n) is 10.5. The number of pyridine rings is 1. The molecule has 0 unspecified atom stereocenters. The van der Waals surface area contributed by atoms with Crippen molar-refractivity contribution < 1.29 is 4.79 Å². The predicted molar refractivity (Wildman–Crippen MR) is 127 cm³/mol. The molecule has 1 aromatic carbocycles. The van der Waals surface area contributed by atoms with Crippen LogP contribution in [0.15, 0.2) is 73.4 Å². The lowest BCUT2D eigenvalue weighted by Crippen LogP contribution is -2.48. The van der Waals surface area contributed by atoms with E-state index in [9.17, 15) is 4.79 Å². The minimum absolute atomic E-state index is 0.0338. The highest BCUT2D eigenvalue weighted by Gasteiger charge is 2.23. The van der Waals surface area contributed by atoms with Crippen LogP contribution in [0.1, 0.15) is 15.2 Å². The third kappa shape index (κ3) is 4.46. The lowest BCUT2D eigenvalue weighted by molar-refractivity contribution is 0.0629. The van der Waals surface area contributed by atoms with Gasteiger partial charge in [-0.25, -0.2) is 9.97 Å². The van der Waals surface area contributed by atoms with Crippen LogP contribution < -0.4 is 0 Å². The molecule has 4 aromatic rings. The number of carbonyl (C=O) groups excluding carboxylic acids is 1. The van der Waals surface area contributed by atoms with Gasteiger partial charge >= 0.3 is 0 Å². The third-order valence-electron chi connectivity index (χ3n) is 5.60. The zero-order valence-corrected chi connectivity index (χ0v) is 19.0. The van der Waals surface area contributed by atoms with Crippen molar-refractivity contribution >= 4 is 28.8 Å². The maximum absolute atomic E-state index is 12.9. The van der Waals surface area contributed by atoms with Crippen molar-refractivity contribution in [1.29, 1.82) is 0 Å². The molecule has 0 spiro atoms. The van der Waals surface area contributed by atoms with Gasteiger partial charge in [-0.05, 0) is 30.3 Å². The molecule has 162 valence electrons. The fourth-order valence-electron chi connectivity index (χ4n) is 3.84. The Bertz CT molecular complexity index is 1200. The van der Waals surface area contributed by atoms with Crippen molar-refractivity contribution in [3.8, 4) is 16.3 Å². The van der Waals surface area contributed by atoms with Gasteiger partial charge in [0.2, 0.25) is 0 Å². The fraction of sp³-hybridized carbons (Fsp3) is 0.208. The molecule has 1 aliphatic rings. The molecule has 3 aromatic heterocycles. The standard InChI is InChI=1S/C24H22ClN5OS/c25-21-4-2-1-3-20(21)22-7-6-19(32-22)16-28-11-13-29(14-12-28)24(31)18-5-8-23(27-15-18)30-10-9-26-17-30/h1-10,15,17H,11-14,16H2. The van der Waals surface area contributed by atoms with E-state index in [-0.39, 0.29) is 5.91 Å². The number of rotatable bonds is 5. The Morgan fingerprint density at radius 2 is 1.88 bits per heavy atom. The van der Waals surface area contributed by atoms with Crippen molar-refractivity contribution in [2.75, 3.05) is 26.2 Å². The van der Waals surface area contributed by atoms with E-state index in [4.69, 9.17) is 11.6 Å². The number of amides is 1. The number of piperazine rings is 1. The minimum atomic E-state index is 0.0338. The maximum atomic E-state index is 12.9. The Labute approximate surface area is 195 Å². The smallest absolute Gasteiger partial charge is 0.255 e. The summed E-state index contributed by atoms with van der Waals surface area (Å²) >= 11 is 8.12. The summed E-state index contributed by atoms with van der Waals surface area (Å²) in [6, 6.07) is 15.9. The number of halogens is 1. The van der Waals surface area contributed by atoms with Crippen molar-refractivity contribution in [3.05, 3.63) is 88.9 Å². The summed E-state index contributed by atoms with van der Waals surface area (Å²) in [6.07, 6.45) is 6.86. The van der Waals surface area contributed by atoms with E-state index in [0.29, 0.717) is 18.7 Å². The Morgan fingerprint density at radius 1 is 1.03 bits per heavy atom. The van der Waals surface area contributed by atoms with Crippen LogP contribution in [0.3, 0.4) is 0 Å². The summed E-state index contributed by atoms with van der Waals surface area (Å²) in [5.41, 5.74) is 1.69. The van der Waals surface area contributed by atoms with Gasteiger partial charge in [0.05, 0.1) is 5.56 Å². The summed E-state index contributed by atoms with van der Waals surface area (Å²) in [6.45, 7) is 4.02. The number of nitrogens with zero attached hydrogens (tertiary/aromatic N) is 5. The lowest BCUT2D eigenvalue weighted by atomic mass is 10.2. The van der Waals surface area contributed by atoms with Crippen molar-refractivity contribution in [1.82, 2.24) is 24.3 Å². The molecule has 32 heavy (non-hydrogen) atoms. The SMILES string of the molecule is O=C(c1ccc(-n2ccnc2)nc1)N1CCN(Cc2ccc(-c3ccccc3Cl)s2)CC1. The molecule has 1 saturated heterocycles. The molecule has 1 fully saturated rings. The van der Waals surface area contributed by atoms with Gasteiger partial charge in [-0.3, -0.25) is 14.3 Å². The quantitative estimate of drug-likeness (QED) is 0.434. The molecule has 5 rings (SSSR count). The van der Waals surface area contributed by atoms with Crippen LogP contribution in [-0.2, 0) is 6.54 Å². The maximum Gasteiger partial charge on any atom is 0.255 e. The van der Waals surface area contributed by atoms with Crippen LogP contribution in [0.4, 0.5) is 0 Å². The van der Waals surface area contributed by atoms with Gasteiger partial charge in [0.15, 0.2) is 0 Å². The Hall–Kier alpha value is -3.00. The Morgan fingerprint density at radius 3 is 2.59 bits per heavy atom. The molecule has 1 aliphatic heterocycles. The van der Waals surface area contributed by atoms with Gasteiger partial charge in [-0.1, -0.05) is 29.8 Å². The van der Waals surface area contributed by atoms with Gasteiger partial charge in [0, 0.05) is 71.7 Å². The first-order chi connectivity index (χ1) is 15.7. The molecule has 6 nitrogen and oxygen atoms in total. The normalized spacial score (nSPS) is 14.6. The molecular weight excluding hydrogens is 442 g/mol. The van der Waals surface area contributed by atoms with Gasteiger partial charge in [-0.2, -0.15) is 0 Å². The molecule has 0 bridgehead atoms. The number of benzene rings is 1. The number of hydrogen-bond donors (Lipinski definition) is 0. The number of aromatic nitrogens is 3. The monoisotopic (exact) mass is 463 g/mol. The van der Waals surface area contributed by atoms with Gasteiger partial charge in [-0.15, -0.1) is 11.3 Å². The molecular formula is C24H22ClN5OS. The van der Waals surface area contributed by atoms with Crippen molar-refractivity contribution in [2.24, 2.45) is 0 Å². The van der Waals surface area contributed by atoms with Gasteiger partial charge < -0.3 is 4.90 Å². The second-order valence-electron chi connectivity index (χ2n) is 7.69. The predicted octanol–water partition coefficient (Wildman–Crippen LogP) is 4.61. The summed E-state index contributed by atoms with van der Waals surface area (Å²) in [7, 11) is 0. The zero-order chi connectivity index (χ0) is 21.9. The number of imidazole rings is 1. The molecule has 0 aliphatic carbocycles. The van der Waals surface area contributed by atoms with Gasteiger partial charge in [0.25, 0.3) is 5.91 Å². The van der Waals surface area contributed by atoms with E-state index < -0.39 is 0 Å². The molecule has 1 amide bonds. The molecule has 0 atom stereocenters. The second kappa shape index (κ2) is 9.24. The average molecular weight is 464 g/mol. The van der Waals surface area contributed by atoms with Crippen molar-refractivity contribution in [3.63, 3.8) is 0 Å². The number of hydrogen-bond acceptors (Lipinski definition) is 5. The van der Waals surface area contributed by atoms with Crippen LogP contribution in [-0.4, -0.2) is 56.4 Å². The Balaban J connectivity index is 1.17. The van der Waals surface area contributed by atoms with E-state index >= 15 is 0 Å². The fourth-order valence-corrected chi connectivity index (χ4v) is 5.22. The van der Waals surface area contributed by atoms with Crippen LogP contribution in [0.2, 0.25) is 5.02 Å². The van der Waals surface area contributed by atoms with Gasteiger partial charge in [0.1, 0.15) is 12.1 Å². The number of carbonyl (C=O) groups is 1. The summed E-state index contributed by atoms with van der Waals surface area (Å²) in [5.74, 6) is 0.780. The first-order valence-corrected chi connectivity index (χ1v) is 11.7. The minimum Gasteiger partial charge on any atom is -0.336 e. The average Bonchev–Trinajstić information content (AvgIpc) is 3.52. The van der Waals surface area contributed by atoms with E-state index in [2.05, 4.69) is 33.1 Å². The van der Waals surface area contributed by atoms with Crippen LogP contribution in [0.5, 0.6) is 0 Å². The van der Waals surface area contributed by atoms with E-state index in [0.717, 1.165) is 36.0 Å². The lowest BCUT2D eigenvalue weighted by Gasteiger charge is -2.34. The first kappa shape index (κ1) is 20.9. The summed E-state index contributed by atoms with van der Waals surface area (Å²) < 4.78 is 1.81. The number of thiophene rings is 1. The van der Waals surface area contributed by atoms with Crippen LogP contribution >= 0.6 is 22.9 Å². The molecule has 8 heteroatoms. The molecule has 0 radical (unpaired) electrons. The largest absolute Gasteiger partial charge is 0.336 e. The van der Waals surface area contributed by atoms with E-state index in [1.165, 1.54) is 9.75 Å². The highest BCUT2D eigenvalue weighted by molar-refractivity contribution is 7.15. The zero-order valence-electron chi connectivity index (χ0n) is 17.4. The second-order valence-corrected chi connectivity index (χ2v) is 9.26. The van der Waals surface area contributed by atoms with Crippen LogP contribution in [0, 0.1) is 0 Å². The van der Waals surface area contributed by atoms with Crippen LogP contribution in [0.25, 0.3) is 16.3 Å². The summed E-state index contributed by atoms with van der Waals surface area (Å²) in [5, 5.41) is 0.778. The van der Waals surface area contributed by atoms with Crippen molar-refractivity contribution in [2.45, 2.75) is 6.54 Å². The van der Waals surface area contributed by atoms with E-state index in [1.807, 2.05) is 46.0 Å². The summed E-state index contributed by atoms with van der Waals surface area (Å²) in [4.78, 5) is 28.1. The Kier molecular flexibility index (Phi) is 6.03. The van der Waals surface area contributed by atoms with E-state index in [1.54, 1.807) is 30.1 Å². The molecule has 4 heterocycles. The third-order valence-corrected chi connectivity index (χ3v) is 7.04. The molecule has 0 N–H and O–H groups in total. The highest BCUT2D eigenvalue weighted by Crippen LogP contribution is 2.33. The topological polar surface area (TPSA) is 54.3 Å². The highest BCUT2D eigenvalue weighted by atomic mass is 35.5.